The first-order valence-corrected chi connectivity index (χ1v) is 6.63. The van der Waals surface area contributed by atoms with Crippen molar-refractivity contribution in [2.45, 2.75) is 33.2 Å². The van der Waals surface area contributed by atoms with Crippen LogP contribution >= 0.6 is 24.0 Å². The lowest BCUT2D eigenvalue weighted by Crippen LogP contribution is -2.22. The van der Waals surface area contributed by atoms with Crippen LogP contribution in [0.15, 0.2) is 39.8 Å². The first kappa shape index (κ1) is 17.5. The molecule has 0 aliphatic rings. The van der Waals surface area contributed by atoms with E-state index in [9.17, 15) is 0 Å². The summed E-state index contributed by atoms with van der Waals surface area (Å²) >= 11 is 0. The van der Waals surface area contributed by atoms with Crippen molar-refractivity contribution in [3.63, 3.8) is 0 Å². The van der Waals surface area contributed by atoms with Gasteiger partial charge in [-0.1, -0.05) is 36.7 Å². The van der Waals surface area contributed by atoms with Crippen LogP contribution in [-0.2, 0) is 6.54 Å². The Kier molecular flexibility index (Phi) is 6.67. The van der Waals surface area contributed by atoms with Crippen molar-refractivity contribution in [3.8, 4) is 0 Å². The second-order valence-electron chi connectivity index (χ2n) is 5.07. The number of aliphatic imine (C=N–C) groups is 1. The number of guanidine groups is 1. The van der Waals surface area contributed by atoms with Crippen molar-refractivity contribution in [1.29, 1.82) is 0 Å². The molecule has 5 nitrogen and oxygen atoms in total. The van der Waals surface area contributed by atoms with Gasteiger partial charge >= 0.3 is 0 Å². The minimum absolute atomic E-state index is 0. The fourth-order valence-electron chi connectivity index (χ4n) is 1.66. The molecule has 1 aromatic carbocycles. The summed E-state index contributed by atoms with van der Waals surface area (Å²) < 4.78 is 5.20. The molecule has 0 unspecified atom stereocenters. The average Bonchev–Trinajstić information content (AvgIpc) is 2.88. The van der Waals surface area contributed by atoms with Crippen molar-refractivity contribution >= 4 is 35.6 Å². The van der Waals surface area contributed by atoms with Gasteiger partial charge in [0.25, 0.3) is 0 Å². The number of nitrogens with zero attached hydrogens (tertiary/aromatic N) is 2. The minimum atomic E-state index is 0. The van der Waals surface area contributed by atoms with Crippen molar-refractivity contribution < 1.29 is 4.52 Å². The molecule has 2 aromatic rings. The van der Waals surface area contributed by atoms with Gasteiger partial charge in [0, 0.05) is 11.8 Å². The number of rotatable bonds is 4. The van der Waals surface area contributed by atoms with Gasteiger partial charge in [-0.15, -0.1) is 24.0 Å². The van der Waals surface area contributed by atoms with E-state index in [1.165, 1.54) is 5.56 Å². The molecule has 0 aliphatic heterocycles. The predicted octanol–water partition coefficient (Wildman–Crippen LogP) is 3.65. The zero-order valence-corrected chi connectivity index (χ0v) is 14.8. The third kappa shape index (κ3) is 5.37. The molecule has 21 heavy (non-hydrogen) atoms. The third-order valence-electron chi connectivity index (χ3n) is 2.90. The molecule has 3 N–H and O–H groups in total. The van der Waals surface area contributed by atoms with E-state index in [1.807, 2.05) is 37.3 Å². The molecule has 0 spiro atoms. The second-order valence-corrected chi connectivity index (χ2v) is 5.07. The Bertz CT molecular complexity index is 590. The number of hydrogen-bond acceptors (Lipinski definition) is 3. The largest absolute Gasteiger partial charge is 0.370 e. The topological polar surface area (TPSA) is 76.4 Å². The van der Waals surface area contributed by atoms with Crippen LogP contribution in [0.1, 0.15) is 36.8 Å². The molecule has 6 heteroatoms. The van der Waals surface area contributed by atoms with E-state index in [0.717, 1.165) is 11.4 Å². The number of aryl methyl sites for hydroxylation is 1. The fourth-order valence-corrected chi connectivity index (χ4v) is 1.66. The Morgan fingerprint density at radius 3 is 2.57 bits per heavy atom. The lowest BCUT2D eigenvalue weighted by Gasteiger charge is -2.05. The summed E-state index contributed by atoms with van der Waals surface area (Å²) in [4.78, 5) is 4.23. The fraction of sp³-hybridized carbons (Fsp3) is 0.333. The molecule has 2 rings (SSSR count). The highest BCUT2D eigenvalue weighted by Gasteiger charge is 2.07. The average molecular weight is 400 g/mol. The Balaban J connectivity index is 0.00000220. The summed E-state index contributed by atoms with van der Waals surface area (Å²) in [5.41, 5.74) is 8.88. The molecule has 1 heterocycles. The van der Waals surface area contributed by atoms with Gasteiger partial charge in [0.1, 0.15) is 6.54 Å². The molecule has 0 radical (unpaired) electrons. The van der Waals surface area contributed by atoms with Crippen LogP contribution in [0.4, 0.5) is 5.69 Å². The Morgan fingerprint density at radius 2 is 2.00 bits per heavy atom. The monoisotopic (exact) mass is 400 g/mol. The zero-order valence-electron chi connectivity index (χ0n) is 12.5. The summed E-state index contributed by atoms with van der Waals surface area (Å²) in [6.07, 6.45) is 0. The molecule has 0 saturated carbocycles. The maximum atomic E-state index is 5.84. The van der Waals surface area contributed by atoms with Crippen LogP contribution < -0.4 is 11.1 Å². The van der Waals surface area contributed by atoms with Gasteiger partial charge in [0.2, 0.25) is 0 Å². The predicted molar refractivity (Wildman–Crippen MR) is 96.1 cm³/mol. The highest BCUT2D eigenvalue weighted by molar-refractivity contribution is 14.0. The maximum Gasteiger partial charge on any atom is 0.193 e. The summed E-state index contributed by atoms with van der Waals surface area (Å²) in [5, 5.41) is 7.02. The van der Waals surface area contributed by atoms with Crippen LogP contribution in [0.2, 0.25) is 0 Å². The Morgan fingerprint density at radius 1 is 1.33 bits per heavy atom. The molecule has 1 aromatic heterocycles. The third-order valence-corrected chi connectivity index (χ3v) is 2.90. The van der Waals surface area contributed by atoms with Gasteiger partial charge in [-0.05, 0) is 25.0 Å². The normalized spacial score (nSPS) is 11.3. The number of aromatic nitrogens is 1. The summed E-state index contributed by atoms with van der Waals surface area (Å²) in [6, 6.07) is 9.86. The minimum Gasteiger partial charge on any atom is -0.370 e. The van der Waals surface area contributed by atoms with Gasteiger partial charge in [-0.3, -0.25) is 0 Å². The quantitative estimate of drug-likeness (QED) is 0.467. The maximum absolute atomic E-state index is 5.84. The van der Waals surface area contributed by atoms with E-state index in [2.05, 4.69) is 29.3 Å². The summed E-state index contributed by atoms with van der Waals surface area (Å²) in [6.45, 7) is 6.55. The van der Waals surface area contributed by atoms with Gasteiger partial charge in [0.05, 0.1) is 5.69 Å². The number of nitrogens with one attached hydrogen (secondary N) is 1. The molecular formula is C15H21IN4O. The molecule has 0 fully saturated rings. The van der Waals surface area contributed by atoms with Crippen LogP contribution in [0.25, 0.3) is 0 Å². The van der Waals surface area contributed by atoms with Crippen LogP contribution in [0, 0.1) is 6.92 Å². The van der Waals surface area contributed by atoms with Gasteiger partial charge in [-0.25, -0.2) is 4.99 Å². The lowest BCUT2D eigenvalue weighted by molar-refractivity contribution is 0.376. The Hall–Kier alpha value is -1.57. The lowest BCUT2D eigenvalue weighted by atomic mass is 10.1. The van der Waals surface area contributed by atoms with Crippen molar-refractivity contribution in [2.75, 3.05) is 5.32 Å². The van der Waals surface area contributed by atoms with Gasteiger partial charge < -0.3 is 15.6 Å². The second kappa shape index (κ2) is 8.02. The molecule has 0 amide bonds. The number of hydrogen-bond donors (Lipinski definition) is 2. The summed E-state index contributed by atoms with van der Waals surface area (Å²) in [7, 11) is 0. The smallest absolute Gasteiger partial charge is 0.193 e. The number of anilines is 1. The van der Waals surface area contributed by atoms with Crippen LogP contribution in [-0.4, -0.2) is 11.1 Å². The first-order chi connectivity index (χ1) is 9.54. The van der Waals surface area contributed by atoms with E-state index in [4.69, 9.17) is 10.3 Å². The number of benzene rings is 1. The summed E-state index contributed by atoms with van der Waals surface area (Å²) in [5.74, 6) is 1.42. The highest BCUT2D eigenvalue weighted by Crippen LogP contribution is 2.14. The van der Waals surface area contributed by atoms with Crippen LogP contribution in [0.5, 0.6) is 0 Å². The molecule has 0 aliphatic carbocycles. The number of nitrogens with two attached hydrogens (primary N) is 1. The van der Waals surface area contributed by atoms with E-state index in [-0.39, 0.29) is 24.0 Å². The van der Waals surface area contributed by atoms with Gasteiger partial charge in [0.15, 0.2) is 11.7 Å². The highest BCUT2D eigenvalue weighted by atomic mass is 127. The Labute approximate surface area is 142 Å². The molecule has 0 atom stereocenters. The van der Waals surface area contributed by atoms with Gasteiger partial charge in [-0.2, -0.15) is 0 Å². The van der Waals surface area contributed by atoms with Crippen molar-refractivity contribution in [2.24, 2.45) is 10.7 Å². The standard InChI is InChI=1S/C15H20N4O.HI/c1-10(2)14-8-13(20-19-14)9-17-15(16)18-12-6-4-11(3)5-7-12;/h4-8,10H,9H2,1-3H3,(H3,16,17,18);1H. The molecule has 0 bridgehead atoms. The van der Waals surface area contributed by atoms with E-state index < -0.39 is 0 Å². The van der Waals surface area contributed by atoms with E-state index >= 15 is 0 Å². The van der Waals surface area contributed by atoms with Crippen molar-refractivity contribution in [1.82, 2.24) is 5.16 Å². The SMILES string of the molecule is Cc1ccc(NC(N)=NCc2cc(C(C)C)no2)cc1.I. The first-order valence-electron chi connectivity index (χ1n) is 6.63. The zero-order chi connectivity index (χ0) is 14.5. The van der Waals surface area contributed by atoms with Crippen molar-refractivity contribution in [3.05, 3.63) is 47.3 Å². The van der Waals surface area contributed by atoms with Crippen LogP contribution in [0.3, 0.4) is 0 Å². The molecule has 114 valence electrons. The number of halogens is 1. The van der Waals surface area contributed by atoms with E-state index in [0.29, 0.717) is 24.2 Å². The molecule has 0 saturated heterocycles. The molecular weight excluding hydrogens is 379 g/mol. The van der Waals surface area contributed by atoms with E-state index in [1.54, 1.807) is 0 Å².